The highest BCUT2D eigenvalue weighted by Crippen LogP contribution is 2.28. The van der Waals surface area contributed by atoms with E-state index in [0.29, 0.717) is 11.4 Å². The SMILES string of the molecule is Cc1ccc(NS(=O)(=O)c2ccc(NC(=S)NC(=O)C3CC3)cc2)c(C)c1. The number of carbonyl (C=O) groups excluding carboxylic acids is 1. The smallest absolute Gasteiger partial charge is 0.261 e. The zero-order valence-corrected chi connectivity index (χ0v) is 16.7. The molecule has 0 unspecified atom stereocenters. The number of carbonyl (C=O) groups is 1. The largest absolute Gasteiger partial charge is 0.332 e. The summed E-state index contributed by atoms with van der Waals surface area (Å²) in [5, 5.41) is 5.72. The van der Waals surface area contributed by atoms with E-state index >= 15 is 0 Å². The van der Waals surface area contributed by atoms with Crippen molar-refractivity contribution >= 4 is 44.6 Å². The molecule has 0 bridgehead atoms. The first-order valence-electron chi connectivity index (χ1n) is 8.56. The molecule has 0 atom stereocenters. The lowest BCUT2D eigenvalue weighted by atomic mass is 10.1. The Kier molecular flexibility index (Phi) is 5.48. The number of hydrogen-bond acceptors (Lipinski definition) is 4. The van der Waals surface area contributed by atoms with Crippen LogP contribution >= 0.6 is 12.2 Å². The minimum absolute atomic E-state index is 0.0635. The molecule has 0 aromatic heterocycles. The molecule has 1 saturated carbocycles. The van der Waals surface area contributed by atoms with Crippen molar-refractivity contribution in [2.75, 3.05) is 10.0 Å². The minimum Gasteiger partial charge on any atom is -0.332 e. The van der Waals surface area contributed by atoms with Crippen LogP contribution in [0.15, 0.2) is 47.4 Å². The molecular weight excluding hydrogens is 382 g/mol. The van der Waals surface area contributed by atoms with Gasteiger partial charge in [0.05, 0.1) is 10.6 Å². The molecule has 1 aliphatic rings. The van der Waals surface area contributed by atoms with Gasteiger partial charge in [-0.2, -0.15) is 0 Å². The zero-order valence-electron chi connectivity index (χ0n) is 15.1. The van der Waals surface area contributed by atoms with Crippen molar-refractivity contribution in [2.45, 2.75) is 31.6 Å². The standard InChI is InChI=1S/C19H21N3O3S2/c1-12-3-10-17(13(2)11-12)22-27(24,25)16-8-6-15(7-9-16)20-19(26)21-18(23)14-4-5-14/h3,6-11,14,22H,4-5H2,1-2H3,(H2,20,21,23,26). The molecule has 0 spiro atoms. The number of aryl methyl sites for hydroxylation is 2. The van der Waals surface area contributed by atoms with Crippen LogP contribution in [0.1, 0.15) is 24.0 Å². The molecule has 2 aromatic carbocycles. The van der Waals surface area contributed by atoms with Gasteiger partial charge in [0.15, 0.2) is 5.11 Å². The number of amides is 1. The highest BCUT2D eigenvalue weighted by Gasteiger charge is 2.30. The van der Waals surface area contributed by atoms with Crippen molar-refractivity contribution in [3.63, 3.8) is 0 Å². The second-order valence-corrected chi connectivity index (χ2v) is 8.76. The summed E-state index contributed by atoms with van der Waals surface area (Å²) in [4.78, 5) is 11.8. The fourth-order valence-electron chi connectivity index (χ4n) is 2.57. The summed E-state index contributed by atoms with van der Waals surface area (Å²) in [5.41, 5.74) is 3.07. The van der Waals surface area contributed by atoms with Crippen LogP contribution in [-0.4, -0.2) is 19.4 Å². The fourth-order valence-corrected chi connectivity index (χ4v) is 3.92. The minimum atomic E-state index is -3.70. The van der Waals surface area contributed by atoms with Crippen molar-refractivity contribution in [2.24, 2.45) is 5.92 Å². The normalized spacial score (nSPS) is 13.7. The van der Waals surface area contributed by atoms with Gasteiger partial charge in [0.1, 0.15) is 0 Å². The van der Waals surface area contributed by atoms with Crippen LogP contribution in [0.3, 0.4) is 0 Å². The van der Waals surface area contributed by atoms with Crippen molar-refractivity contribution in [1.29, 1.82) is 0 Å². The van der Waals surface area contributed by atoms with Crippen molar-refractivity contribution in [3.8, 4) is 0 Å². The van der Waals surface area contributed by atoms with Gasteiger partial charge in [-0.05, 0) is 74.8 Å². The molecule has 0 aliphatic heterocycles. The summed E-state index contributed by atoms with van der Waals surface area (Å²) in [6, 6.07) is 11.7. The van der Waals surface area contributed by atoms with E-state index in [1.54, 1.807) is 18.2 Å². The lowest BCUT2D eigenvalue weighted by Crippen LogP contribution is -2.35. The topological polar surface area (TPSA) is 87.3 Å². The third-order valence-corrected chi connectivity index (χ3v) is 5.82. The highest BCUT2D eigenvalue weighted by molar-refractivity contribution is 7.92. The number of hydrogen-bond donors (Lipinski definition) is 3. The van der Waals surface area contributed by atoms with E-state index in [1.807, 2.05) is 26.0 Å². The van der Waals surface area contributed by atoms with E-state index in [4.69, 9.17) is 12.2 Å². The number of nitrogens with one attached hydrogen (secondary N) is 3. The number of sulfonamides is 1. The number of thiocarbonyl (C=S) groups is 1. The Morgan fingerprint density at radius 1 is 1.07 bits per heavy atom. The summed E-state index contributed by atoms with van der Waals surface area (Å²) >= 11 is 5.10. The lowest BCUT2D eigenvalue weighted by molar-refractivity contribution is -0.120. The first kappa shape index (κ1) is 19.3. The van der Waals surface area contributed by atoms with Crippen LogP contribution in [0.5, 0.6) is 0 Å². The molecule has 8 heteroatoms. The van der Waals surface area contributed by atoms with Crippen molar-refractivity contribution < 1.29 is 13.2 Å². The molecule has 2 aromatic rings. The van der Waals surface area contributed by atoms with Gasteiger partial charge in [-0.25, -0.2) is 8.42 Å². The molecule has 3 N–H and O–H groups in total. The van der Waals surface area contributed by atoms with Crippen molar-refractivity contribution in [1.82, 2.24) is 5.32 Å². The van der Waals surface area contributed by atoms with Crippen LogP contribution in [-0.2, 0) is 14.8 Å². The second-order valence-electron chi connectivity index (χ2n) is 6.67. The Bertz CT molecular complexity index is 982. The third-order valence-electron chi connectivity index (χ3n) is 4.23. The van der Waals surface area contributed by atoms with Gasteiger partial charge in [-0.1, -0.05) is 17.7 Å². The van der Waals surface area contributed by atoms with Crippen LogP contribution in [0.2, 0.25) is 0 Å². The molecule has 6 nitrogen and oxygen atoms in total. The van der Waals surface area contributed by atoms with Gasteiger partial charge in [-0.15, -0.1) is 0 Å². The van der Waals surface area contributed by atoms with Crippen LogP contribution in [0.4, 0.5) is 11.4 Å². The number of anilines is 2. The molecular formula is C19H21N3O3S2. The third kappa shape index (κ3) is 5.05. The Balaban J connectivity index is 1.66. The molecule has 1 amide bonds. The van der Waals surface area contributed by atoms with Crippen LogP contribution < -0.4 is 15.4 Å². The summed E-state index contributed by atoms with van der Waals surface area (Å²) in [6.07, 6.45) is 1.79. The first-order valence-corrected chi connectivity index (χ1v) is 10.5. The predicted octanol–water partition coefficient (Wildman–Crippen LogP) is 3.33. The summed E-state index contributed by atoms with van der Waals surface area (Å²) in [6.45, 7) is 3.81. The fraction of sp³-hybridized carbons (Fsp3) is 0.263. The maximum absolute atomic E-state index is 12.6. The highest BCUT2D eigenvalue weighted by atomic mass is 32.2. The van der Waals surface area contributed by atoms with Gasteiger partial charge in [-0.3, -0.25) is 9.52 Å². The maximum atomic E-state index is 12.6. The average Bonchev–Trinajstić information content (AvgIpc) is 3.43. The Morgan fingerprint density at radius 2 is 1.74 bits per heavy atom. The summed E-state index contributed by atoms with van der Waals surface area (Å²) in [5.74, 6) is -0.0158. The van der Waals surface area contributed by atoms with E-state index in [9.17, 15) is 13.2 Å². The van der Waals surface area contributed by atoms with E-state index < -0.39 is 10.0 Å². The molecule has 1 fully saturated rings. The molecule has 3 rings (SSSR count). The second kappa shape index (κ2) is 7.66. The van der Waals surface area contributed by atoms with E-state index in [2.05, 4.69) is 15.4 Å². The molecule has 142 valence electrons. The van der Waals surface area contributed by atoms with E-state index in [-0.39, 0.29) is 21.8 Å². The van der Waals surface area contributed by atoms with E-state index in [1.165, 1.54) is 12.1 Å². The summed E-state index contributed by atoms with van der Waals surface area (Å²) < 4.78 is 27.8. The van der Waals surface area contributed by atoms with Gasteiger partial charge >= 0.3 is 0 Å². The van der Waals surface area contributed by atoms with Gasteiger partial charge < -0.3 is 10.6 Å². The molecule has 0 saturated heterocycles. The quantitative estimate of drug-likeness (QED) is 0.667. The predicted molar refractivity (Wildman–Crippen MR) is 110 cm³/mol. The first-order chi connectivity index (χ1) is 12.7. The van der Waals surface area contributed by atoms with E-state index in [0.717, 1.165) is 24.0 Å². The van der Waals surface area contributed by atoms with Gasteiger partial charge in [0, 0.05) is 11.6 Å². The lowest BCUT2D eigenvalue weighted by Gasteiger charge is -2.12. The van der Waals surface area contributed by atoms with Crippen molar-refractivity contribution in [3.05, 3.63) is 53.6 Å². The monoisotopic (exact) mass is 403 g/mol. The molecule has 1 aliphatic carbocycles. The Hall–Kier alpha value is -2.45. The summed E-state index contributed by atoms with van der Waals surface area (Å²) in [7, 11) is -3.70. The zero-order chi connectivity index (χ0) is 19.6. The Labute approximate surface area is 164 Å². The van der Waals surface area contributed by atoms with Crippen LogP contribution in [0.25, 0.3) is 0 Å². The molecule has 27 heavy (non-hydrogen) atoms. The number of benzene rings is 2. The molecule has 0 heterocycles. The molecule has 0 radical (unpaired) electrons. The van der Waals surface area contributed by atoms with Gasteiger partial charge in [0.25, 0.3) is 10.0 Å². The number of rotatable bonds is 5. The van der Waals surface area contributed by atoms with Gasteiger partial charge in [0.2, 0.25) is 5.91 Å². The Morgan fingerprint density at radius 3 is 2.33 bits per heavy atom. The average molecular weight is 404 g/mol. The maximum Gasteiger partial charge on any atom is 0.261 e. The van der Waals surface area contributed by atoms with Crippen LogP contribution in [0, 0.1) is 19.8 Å².